The zero-order chi connectivity index (χ0) is 9.03. The van der Waals surface area contributed by atoms with Crippen LogP contribution in [0.3, 0.4) is 0 Å². The maximum absolute atomic E-state index is 4.00. The second-order valence-electron chi connectivity index (χ2n) is 4.91. The summed E-state index contributed by atoms with van der Waals surface area (Å²) >= 11 is 0. The summed E-state index contributed by atoms with van der Waals surface area (Å²) in [4.78, 5) is 0. The van der Waals surface area contributed by atoms with Crippen molar-refractivity contribution >= 4 is 0 Å². The van der Waals surface area contributed by atoms with E-state index in [1.54, 1.807) is 0 Å². The molecule has 0 aromatic carbocycles. The quantitative estimate of drug-likeness (QED) is 0.661. The van der Waals surface area contributed by atoms with Crippen LogP contribution < -0.4 is 0 Å². The summed E-state index contributed by atoms with van der Waals surface area (Å²) in [7, 11) is 0. The fraction of sp³-hybridized carbons (Fsp3) is 0.917. The third-order valence-corrected chi connectivity index (χ3v) is 3.21. The molecule has 0 aromatic heterocycles. The van der Waals surface area contributed by atoms with Gasteiger partial charge in [0.25, 0.3) is 0 Å². The Labute approximate surface area is 109 Å². The average molecular weight is 256 g/mol. The zero-order valence-electron chi connectivity index (χ0n) is 9.31. The van der Waals surface area contributed by atoms with Crippen LogP contribution >= 0.6 is 0 Å². The SMILES string of the molecule is [CH2-]CCC1(CC(C)C)CCCC1.[Y]. The van der Waals surface area contributed by atoms with Gasteiger partial charge in [-0.3, -0.25) is 0 Å². The van der Waals surface area contributed by atoms with Gasteiger partial charge in [0, 0.05) is 32.7 Å². The minimum absolute atomic E-state index is 0. The van der Waals surface area contributed by atoms with E-state index in [2.05, 4.69) is 20.8 Å². The Balaban J connectivity index is 0.00000144. The van der Waals surface area contributed by atoms with E-state index in [-0.39, 0.29) is 32.7 Å². The molecule has 1 aliphatic rings. The first-order valence-corrected chi connectivity index (χ1v) is 5.48. The maximum Gasteiger partial charge on any atom is 0 e. The number of hydrogen-bond donors (Lipinski definition) is 0. The molecule has 0 unspecified atom stereocenters. The summed E-state index contributed by atoms with van der Waals surface area (Å²) < 4.78 is 0. The Bertz CT molecular complexity index is 123. The van der Waals surface area contributed by atoms with Crippen molar-refractivity contribution in [2.24, 2.45) is 11.3 Å². The number of hydrogen-bond acceptors (Lipinski definition) is 0. The van der Waals surface area contributed by atoms with Gasteiger partial charge in [0.05, 0.1) is 0 Å². The second kappa shape index (κ2) is 6.56. The van der Waals surface area contributed by atoms with E-state index in [1.165, 1.54) is 38.5 Å². The monoisotopic (exact) mass is 256 g/mol. The van der Waals surface area contributed by atoms with Gasteiger partial charge < -0.3 is 6.92 Å². The molecule has 0 heterocycles. The summed E-state index contributed by atoms with van der Waals surface area (Å²) in [6.45, 7) is 8.70. The molecule has 0 atom stereocenters. The van der Waals surface area contributed by atoms with Gasteiger partial charge in [-0.15, -0.1) is 0 Å². The molecular weight excluding hydrogens is 233 g/mol. The molecule has 0 nitrogen and oxygen atoms in total. The second-order valence-corrected chi connectivity index (χ2v) is 4.91. The molecule has 0 amide bonds. The van der Waals surface area contributed by atoms with Crippen molar-refractivity contribution in [3.05, 3.63) is 6.92 Å². The maximum atomic E-state index is 4.00. The van der Waals surface area contributed by atoms with Crippen molar-refractivity contribution in [1.29, 1.82) is 0 Å². The summed E-state index contributed by atoms with van der Waals surface area (Å²) in [5.74, 6) is 0.870. The van der Waals surface area contributed by atoms with Crippen molar-refractivity contribution in [1.82, 2.24) is 0 Å². The average Bonchev–Trinajstić information content (AvgIpc) is 2.36. The normalized spacial score (nSPS) is 20.3. The molecule has 1 rings (SSSR count). The first-order chi connectivity index (χ1) is 5.68. The van der Waals surface area contributed by atoms with Crippen molar-refractivity contribution in [2.75, 3.05) is 0 Å². The Morgan fingerprint density at radius 2 is 1.77 bits per heavy atom. The Morgan fingerprint density at radius 1 is 1.23 bits per heavy atom. The van der Waals surface area contributed by atoms with E-state index in [1.807, 2.05) is 0 Å². The van der Waals surface area contributed by atoms with E-state index in [0.717, 1.165) is 12.3 Å². The van der Waals surface area contributed by atoms with Gasteiger partial charge in [0.2, 0.25) is 0 Å². The van der Waals surface area contributed by atoms with Crippen LogP contribution in [0.5, 0.6) is 0 Å². The van der Waals surface area contributed by atoms with Gasteiger partial charge in [0.15, 0.2) is 0 Å². The van der Waals surface area contributed by atoms with Gasteiger partial charge in [0.1, 0.15) is 0 Å². The topological polar surface area (TPSA) is 0 Å². The summed E-state index contributed by atoms with van der Waals surface area (Å²) in [5.41, 5.74) is 0.704. The predicted molar refractivity (Wildman–Crippen MR) is 54.9 cm³/mol. The van der Waals surface area contributed by atoms with E-state index in [9.17, 15) is 0 Å². The fourth-order valence-electron chi connectivity index (χ4n) is 2.92. The molecule has 1 heteroatoms. The molecule has 1 fully saturated rings. The molecule has 13 heavy (non-hydrogen) atoms. The summed E-state index contributed by atoms with van der Waals surface area (Å²) in [5, 5.41) is 0. The van der Waals surface area contributed by atoms with Gasteiger partial charge in [-0.25, -0.2) is 0 Å². The van der Waals surface area contributed by atoms with Crippen LogP contribution in [-0.4, -0.2) is 0 Å². The van der Waals surface area contributed by atoms with Crippen molar-refractivity contribution < 1.29 is 32.7 Å². The molecule has 75 valence electrons. The van der Waals surface area contributed by atoms with Gasteiger partial charge >= 0.3 is 0 Å². The Kier molecular flexibility index (Phi) is 7.12. The largest absolute Gasteiger partial charge is 0.343 e. The first-order valence-electron chi connectivity index (χ1n) is 5.48. The summed E-state index contributed by atoms with van der Waals surface area (Å²) in [6.07, 6.45) is 9.81. The van der Waals surface area contributed by atoms with E-state index >= 15 is 0 Å². The van der Waals surface area contributed by atoms with Crippen LogP contribution in [0.25, 0.3) is 0 Å². The van der Waals surface area contributed by atoms with Gasteiger partial charge in [-0.1, -0.05) is 33.1 Å². The first kappa shape index (κ1) is 14.1. The minimum atomic E-state index is 0. The standard InChI is InChI=1S/C12H23.Y/c1-4-7-12(10-11(2)3)8-5-6-9-12;/h11H,1,4-10H2,2-3H3;/q-1;. The van der Waals surface area contributed by atoms with Crippen LogP contribution in [0.2, 0.25) is 0 Å². The molecule has 0 N–H and O–H groups in total. The summed E-state index contributed by atoms with van der Waals surface area (Å²) in [6, 6.07) is 0. The Hall–Kier alpha value is 1.10. The molecule has 1 aliphatic carbocycles. The Morgan fingerprint density at radius 3 is 2.15 bits per heavy atom. The van der Waals surface area contributed by atoms with Gasteiger partial charge in [-0.05, 0) is 30.6 Å². The molecule has 0 aromatic rings. The molecule has 1 radical (unpaired) electrons. The van der Waals surface area contributed by atoms with Crippen molar-refractivity contribution in [3.8, 4) is 0 Å². The smallest absolute Gasteiger partial charge is 0 e. The third-order valence-electron chi connectivity index (χ3n) is 3.21. The van der Waals surface area contributed by atoms with E-state index < -0.39 is 0 Å². The van der Waals surface area contributed by atoms with Crippen molar-refractivity contribution in [3.63, 3.8) is 0 Å². The van der Waals surface area contributed by atoms with Gasteiger partial charge in [-0.2, -0.15) is 6.42 Å². The minimum Gasteiger partial charge on any atom is -0.343 e. The van der Waals surface area contributed by atoms with Crippen LogP contribution in [0, 0.1) is 18.3 Å². The fourth-order valence-corrected chi connectivity index (χ4v) is 2.92. The molecule has 0 aliphatic heterocycles. The molecule has 0 bridgehead atoms. The number of rotatable bonds is 4. The molecule has 1 saturated carbocycles. The molecule has 0 spiro atoms. The van der Waals surface area contributed by atoms with Crippen LogP contribution in [0.1, 0.15) is 58.8 Å². The molecular formula is C12H23Y-. The van der Waals surface area contributed by atoms with Crippen LogP contribution in [0.15, 0.2) is 0 Å². The van der Waals surface area contributed by atoms with E-state index in [4.69, 9.17) is 0 Å². The zero-order valence-corrected chi connectivity index (χ0v) is 12.1. The van der Waals surface area contributed by atoms with Crippen LogP contribution in [-0.2, 0) is 32.7 Å². The van der Waals surface area contributed by atoms with Crippen molar-refractivity contribution in [2.45, 2.75) is 58.8 Å². The van der Waals surface area contributed by atoms with E-state index in [0.29, 0.717) is 5.41 Å². The third kappa shape index (κ3) is 4.43. The predicted octanol–water partition coefficient (Wildman–Crippen LogP) is 4.20. The molecule has 0 saturated heterocycles. The van der Waals surface area contributed by atoms with Crippen LogP contribution in [0.4, 0.5) is 0 Å².